The van der Waals surface area contributed by atoms with Crippen LogP contribution in [0.1, 0.15) is 5.56 Å². The maximum atomic E-state index is 13.5. The Morgan fingerprint density at radius 1 is 1.32 bits per heavy atom. The minimum absolute atomic E-state index is 0.0159. The van der Waals surface area contributed by atoms with Crippen LogP contribution in [-0.4, -0.2) is 16.0 Å². The Morgan fingerprint density at radius 2 is 2.00 bits per heavy atom. The molecule has 1 heterocycles. The number of nitro groups is 1. The molecule has 0 fully saturated rings. The summed E-state index contributed by atoms with van der Waals surface area (Å²) in [7, 11) is 0. The third-order valence-corrected chi connectivity index (χ3v) is 4.29. The smallest absolute Gasteiger partial charge is 0.269 e. The monoisotopic (exact) mass is 452 g/mol. The van der Waals surface area contributed by atoms with E-state index in [0.29, 0.717) is 11.3 Å². The van der Waals surface area contributed by atoms with Crippen molar-refractivity contribution in [3.63, 3.8) is 0 Å². The fraction of sp³-hybridized carbons (Fsp3) is 0.0625. The topological polar surface area (TPSA) is 144 Å². The molecule has 146 valence electrons. The molecule has 0 amide bonds. The highest BCUT2D eigenvalue weighted by Gasteiger charge is 2.34. The van der Waals surface area contributed by atoms with Gasteiger partial charge in [-0.1, -0.05) is 5.23 Å². The predicted octanol–water partition coefficient (Wildman–Crippen LogP) is 2.66. The highest BCUT2D eigenvalue weighted by molar-refractivity contribution is 9.10. The number of nitro benzene ring substituents is 1. The molecule has 0 saturated carbocycles. The Bertz CT molecular complexity index is 968. The average molecular weight is 453 g/mol. The van der Waals surface area contributed by atoms with Gasteiger partial charge < -0.3 is 11.5 Å². The van der Waals surface area contributed by atoms with Crippen molar-refractivity contribution in [2.75, 3.05) is 5.06 Å². The van der Waals surface area contributed by atoms with Gasteiger partial charge in [-0.15, -0.1) is 4.94 Å². The van der Waals surface area contributed by atoms with Gasteiger partial charge in [0.05, 0.1) is 15.1 Å². The van der Waals surface area contributed by atoms with Crippen LogP contribution in [-0.2, 0) is 16.4 Å². The van der Waals surface area contributed by atoms with E-state index in [9.17, 15) is 14.5 Å². The number of hydrogen-bond acceptors (Lipinski definition) is 8. The molecule has 3 rings (SSSR count). The molecule has 0 saturated heterocycles. The molecule has 1 aliphatic rings. The number of benzene rings is 2. The highest BCUT2D eigenvalue weighted by Crippen LogP contribution is 2.32. The van der Waals surface area contributed by atoms with Gasteiger partial charge in [0.15, 0.2) is 11.5 Å². The molecule has 12 heteroatoms. The number of halogens is 2. The van der Waals surface area contributed by atoms with Crippen molar-refractivity contribution in [1.29, 1.82) is 5.41 Å². The lowest BCUT2D eigenvalue weighted by atomic mass is 10.2. The highest BCUT2D eigenvalue weighted by atomic mass is 79.9. The number of hydroxylamine groups is 3. The fourth-order valence-corrected chi connectivity index (χ4v) is 2.69. The van der Waals surface area contributed by atoms with Gasteiger partial charge in [0.1, 0.15) is 18.3 Å². The molecule has 2 aromatic carbocycles. The third-order valence-electron chi connectivity index (χ3n) is 3.69. The minimum Gasteiger partial charge on any atom is -0.382 e. The zero-order valence-corrected chi connectivity index (χ0v) is 15.7. The first-order valence-electron chi connectivity index (χ1n) is 7.71. The van der Waals surface area contributed by atoms with E-state index < -0.39 is 10.7 Å². The van der Waals surface area contributed by atoms with Crippen LogP contribution in [0.2, 0.25) is 0 Å². The summed E-state index contributed by atoms with van der Waals surface area (Å²) in [5.74, 6) is -0.954. The Kier molecular flexibility index (Phi) is 5.44. The van der Waals surface area contributed by atoms with Crippen molar-refractivity contribution in [1.82, 2.24) is 5.23 Å². The lowest BCUT2D eigenvalue weighted by molar-refractivity contribution is -0.384. The molecule has 0 radical (unpaired) electrons. The number of anilines is 1. The first kappa shape index (κ1) is 19.5. The number of amidine groups is 1. The van der Waals surface area contributed by atoms with Crippen molar-refractivity contribution < 1.29 is 19.1 Å². The molecule has 0 unspecified atom stereocenters. The molecule has 0 aliphatic carbocycles. The van der Waals surface area contributed by atoms with Crippen LogP contribution in [0.25, 0.3) is 0 Å². The van der Waals surface area contributed by atoms with Gasteiger partial charge >= 0.3 is 0 Å². The molecule has 5 N–H and O–H groups in total. The standard InChI is InChI=1S/C16H14BrFN6O4/c17-12-7-11(5-6-13(12)18)22-14(15(19)20)16(21)24(28-22)27-8-9-1-3-10(4-2-9)23(25)26/h1-7H,8,21H2,(H3,19,20). The number of nitrogens with two attached hydrogens (primary N) is 2. The normalized spacial score (nSPS) is 13.9. The van der Waals surface area contributed by atoms with E-state index in [2.05, 4.69) is 15.9 Å². The Hall–Kier alpha value is -3.22. The first-order chi connectivity index (χ1) is 13.3. The van der Waals surface area contributed by atoms with E-state index in [0.717, 1.165) is 10.3 Å². The maximum absolute atomic E-state index is 13.5. The molecule has 0 atom stereocenters. The summed E-state index contributed by atoms with van der Waals surface area (Å²) in [4.78, 5) is 21.1. The van der Waals surface area contributed by atoms with Gasteiger partial charge in [-0.25, -0.2) is 9.23 Å². The molecular formula is C16H14BrFN6O4. The summed E-state index contributed by atoms with van der Waals surface area (Å²) in [6, 6.07) is 9.76. The van der Waals surface area contributed by atoms with E-state index in [1.54, 1.807) is 0 Å². The first-order valence-corrected chi connectivity index (χ1v) is 8.51. The van der Waals surface area contributed by atoms with Gasteiger partial charge in [0.25, 0.3) is 5.69 Å². The second-order valence-corrected chi connectivity index (χ2v) is 6.43. The van der Waals surface area contributed by atoms with E-state index in [4.69, 9.17) is 26.7 Å². The molecule has 0 spiro atoms. The van der Waals surface area contributed by atoms with Gasteiger partial charge in [-0.05, 0) is 51.8 Å². The van der Waals surface area contributed by atoms with E-state index in [-0.39, 0.29) is 34.1 Å². The molecule has 1 aliphatic heterocycles. The lowest BCUT2D eigenvalue weighted by Gasteiger charge is -2.21. The molecular weight excluding hydrogens is 439 g/mol. The summed E-state index contributed by atoms with van der Waals surface area (Å²) >= 11 is 3.08. The summed E-state index contributed by atoms with van der Waals surface area (Å²) < 4.78 is 13.7. The van der Waals surface area contributed by atoms with E-state index >= 15 is 0 Å². The summed E-state index contributed by atoms with van der Waals surface area (Å²) in [6.45, 7) is -0.0230. The largest absolute Gasteiger partial charge is 0.382 e. The molecule has 28 heavy (non-hydrogen) atoms. The van der Waals surface area contributed by atoms with Crippen molar-refractivity contribution in [2.45, 2.75) is 6.61 Å². The van der Waals surface area contributed by atoms with Crippen LogP contribution in [0.5, 0.6) is 0 Å². The average Bonchev–Trinajstić information content (AvgIpc) is 2.99. The number of nitrogens with one attached hydrogen (secondary N) is 1. The summed E-state index contributed by atoms with van der Waals surface area (Å²) in [6.07, 6.45) is 0. The van der Waals surface area contributed by atoms with Crippen molar-refractivity contribution >= 4 is 33.1 Å². The van der Waals surface area contributed by atoms with Crippen LogP contribution in [0, 0.1) is 21.3 Å². The Morgan fingerprint density at radius 3 is 2.57 bits per heavy atom. The second kappa shape index (κ2) is 7.80. The van der Waals surface area contributed by atoms with Crippen LogP contribution in [0.15, 0.2) is 58.5 Å². The zero-order chi connectivity index (χ0) is 20.4. The van der Waals surface area contributed by atoms with Crippen LogP contribution in [0.3, 0.4) is 0 Å². The van der Waals surface area contributed by atoms with Gasteiger partial charge in [-0.3, -0.25) is 15.5 Å². The van der Waals surface area contributed by atoms with Gasteiger partial charge in [0.2, 0.25) is 0 Å². The second-order valence-electron chi connectivity index (χ2n) is 5.58. The predicted molar refractivity (Wildman–Crippen MR) is 101 cm³/mol. The Labute approximate surface area is 166 Å². The van der Waals surface area contributed by atoms with Crippen LogP contribution < -0.4 is 16.5 Å². The van der Waals surface area contributed by atoms with Crippen LogP contribution in [0.4, 0.5) is 15.8 Å². The number of nitrogens with zero attached hydrogens (tertiary/aromatic N) is 3. The van der Waals surface area contributed by atoms with Gasteiger partial charge in [0, 0.05) is 12.1 Å². The minimum atomic E-state index is -0.507. The van der Waals surface area contributed by atoms with Gasteiger partial charge in [-0.2, -0.15) is 5.06 Å². The number of hydrogen-bond donors (Lipinski definition) is 3. The van der Waals surface area contributed by atoms with Crippen LogP contribution >= 0.6 is 15.9 Å². The number of rotatable bonds is 6. The summed E-state index contributed by atoms with van der Waals surface area (Å²) in [5.41, 5.74) is 12.5. The van der Waals surface area contributed by atoms with Crippen molar-refractivity contribution in [2.24, 2.45) is 11.5 Å². The van der Waals surface area contributed by atoms with E-state index in [1.807, 2.05) is 0 Å². The molecule has 2 aromatic rings. The summed E-state index contributed by atoms with van der Waals surface area (Å²) in [5, 5.41) is 20.4. The molecule has 0 bridgehead atoms. The Balaban J connectivity index is 1.78. The maximum Gasteiger partial charge on any atom is 0.269 e. The number of non-ortho nitro benzene ring substituents is 1. The molecule has 10 nitrogen and oxygen atoms in total. The quantitative estimate of drug-likeness (QED) is 0.262. The molecule has 0 aromatic heterocycles. The van der Waals surface area contributed by atoms with E-state index in [1.165, 1.54) is 42.5 Å². The van der Waals surface area contributed by atoms with Crippen molar-refractivity contribution in [3.8, 4) is 0 Å². The zero-order valence-electron chi connectivity index (χ0n) is 14.1. The SMILES string of the molecule is N=C(N)C1=C(N)N(OCc2ccc([N+](=O)[O-])cc2)ON1c1ccc(F)c(Br)c1. The lowest BCUT2D eigenvalue weighted by Crippen LogP contribution is -2.29. The third kappa shape index (κ3) is 3.88. The van der Waals surface area contributed by atoms with Crippen molar-refractivity contribution in [3.05, 3.63) is 80.0 Å². The fourth-order valence-electron chi connectivity index (χ4n) is 2.32.